The van der Waals surface area contributed by atoms with Crippen molar-refractivity contribution in [3.63, 3.8) is 0 Å². The molecule has 0 aromatic heterocycles. The first-order chi connectivity index (χ1) is 9.63. The Labute approximate surface area is 119 Å². The van der Waals surface area contributed by atoms with E-state index in [0.29, 0.717) is 12.0 Å². The number of rotatable bonds is 2. The Bertz CT molecular complexity index is 488. The van der Waals surface area contributed by atoms with Crippen molar-refractivity contribution in [1.29, 1.82) is 0 Å². The summed E-state index contributed by atoms with van der Waals surface area (Å²) in [7, 11) is 0. The molecule has 0 radical (unpaired) electrons. The average Bonchev–Trinajstić information content (AvgIpc) is 2.87. The van der Waals surface area contributed by atoms with Crippen molar-refractivity contribution >= 4 is 5.91 Å². The first-order valence-corrected chi connectivity index (χ1v) is 7.37. The summed E-state index contributed by atoms with van der Waals surface area (Å²) in [6.45, 7) is 5.33. The van der Waals surface area contributed by atoms with Gasteiger partial charge < -0.3 is 4.90 Å². The van der Waals surface area contributed by atoms with Gasteiger partial charge in [0.25, 0.3) is 0 Å². The molecule has 0 N–H and O–H groups in total. The van der Waals surface area contributed by atoms with Crippen LogP contribution < -0.4 is 0 Å². The number of hydrogen-bond donors (Lipinski definition) is 0. The molecule has 0 bridgehead atoms. The van der Waals surface area contributed by atoms with Crippen LogP contribution in [0.15, 0.2) is 24.3 Å². The van der Waals surface area contributed by atoms with Gasteiger partial charge in [-0.25, -0.2) is 4.39 Å². The third-order valence-electron chi connectivity index (χ3n) is 4.64. The van der Waals surface area contributed by atoms with E-state index in [1.54, 1.807) is 6.92 Å². The molecule has 1 aromatic rings. The van der Waals surface area contributed by atoms with Gasteiger partial charge in [0.2, 0.25) is 5.91 Å². The van der Waals surface area contributed by atoms with Crippen LogP contribution in [0.3, 0.4) is 0 Å². The van der Waals surface area contributed by atoms with Crippen LogP contribution in [0.25, 0.3) is 0 Å². The Morgan fingerprint density at radius 1 is 1.30 bits per heavy atom. The predicted molar refractivity (Wildman–Crippen MR) is 75.6 cm³/mol. The van der Waals surface area contributed by atoms with E-state index < -0.39 is 0 Å². The molecule has 108 valence electrons. The first kappa shape index (κ1) is 13.6. The number of amides is 1. The minimum Gasteiger partial charge on any atom is -0.341 e. The summed E-state index contributed by atoms with van der Waals surface area (Å²) in [6.07, 6.45) is 2.41. The van der Waals surface area contributed by atoms with E-state index in [4.69, 9.17) is 0 Å². The predicted octanol–water partition coefficient (Wildman–Crippen LogP) is 2.27. The SMILES string of the molecule is CC(=O)N1C[C@H]2CCCN(Cc3ccc(F)cc3)[C@H]2C1. The Kier molecular flexibility index (Phi) is 3.74. The number of benzene rings is 1. The number of nitrogens with zero attached hydrogens (tertiary/aromatic N) is 2. The van der Waals surface area contributed by atoms with Gasteiger partial charge in [-0.05, 0) is 43.0 Å². The van der Waals surface area contributed by atoms with E-state index >= 15 is 0 Å². The van der Waals surface area contributed by atoms with Gasteiger partial charge in [0, 0.05) is 32.6 Å². The van der Waals surface area contributed by atoms with Gasteiger partial charge in [0.05, 0.1) is 0 Å². The third-order valence-corrected chi connectivity index (χ3v) is 4.64. The fraction of sp³-hybridized carbons (Fsp3) is 0.562. The van der Waals surface area contributed by atoms with Crippen molar-refractivity contribution in [3.05, 3.63) is 35.6 Å². The van der Waals surface area contributed by atoms with Crippen molar-refractivity contribution in [3.8, 4) is 0 Å². The molecule has 2 atom stereocenters. The summed E-state index contributed by atoms with van der Waals surface area (Å²) in [5, 5.41) is 0. The standard InChI is InChI=1S/C16H21FN2O/c1-12(20)19-10-14-3-2-8-18(16(14)11-19)9-13-4-6-15(17)7-5-13/h4-7,14,16H,2-3,8-11H2,1H3/t14-,16+/m1/s1. The Balaban J connectivity index is 1.70. The van der Waals surface area contributed by atoms with Crippen molar-refractivity contribution in [2.45, 2.75) is 32.4 Å². The largest absolute Gasteiger partial charge is 0.341 e. The van der Waals surface area contributed by atoms with E-state index in [0.717, 1.165) is 31.7 Å². The summed E-state index contributed by atoms with van der Waals surface area (Å²) in [5.74, 6) is 0.600. The molecule has 0 spiro atoms. The van der Waals surface area contributed by atoms with Gasteiger partial charge in [0.15, 0.2) is 0 Å². The molecule has 2 aliphatic rings. The van der Waals surface area contributed by atoms with Crippen molar-refractivity contribution in [2.24, 2.45) is 5.92 Å². The molecule has 1 amide bonds. The number of halogens is 1. The van der Waals surface area contributed by atoms with Crippen LogP contribution in [0.2, 0.25) is 0 Å². The van der Waals surface area contributed by atoms with Crippen molar-refractivity contribution < 1.29 is 9.18 Å². The van der Waals surface area contributed by atoms with Gasteiger partial charge in [-0.2, -0.15) is 0 Å². The number of piperidine rings is 1. The second kappa shape index (κ2) is 5.52. The van der Waals surface area contributed by atoms with Crippen LogP contribution in [-0.4, -0.2) is 41.4 Å². The molecule has 2 fully saturated rings. The van der Waals surface area contributed by atoms with Crippen LogP contribution in [0.4, 0.5) is 4.39 Å². The maximum absolute atomic E-state index is 13.0. The van der Waals surface area contributed by atoms with Gasteiger partial charge >= 0.3 is 0 Å². The molecule has 1 aromatic carbocycles. The number of likely N-dealkylation sites (tertiary alicyclic amines) is 2. The molecule has 2 heterocycles. The van der Waals surface area contributed by atoms with Gasteiger partial charge in [-0.3, -0.25) is 9.69 Å². The molecule has 4 heteroatoms. The van der Waals surface area contributed by atoms with E-state index in [1.165, 1.54) is 25.0 Å². The fourth-order valence-corrected chi connectivity index (χ4v) is 3.55. The quantitative estimate of drug-likeness (QED) is 0.827. The highest BCUT2D eigenvalue weighted by Gasteiger charge is 2.39. The number of carbonyl (C=O) groups excluding carboxylic acids is 1. The number of hydrogen-bond acceptors (Lipinski definition) is 2. The lowest BCUT2D eigenvalue weighted by molar-refractivity contribution is -0.128. The summed E-state index contributed by atoms with van der Waals surface area (Å²) in [5.41, 5.74) is 1.15. The zero-order valence-corrected chi connectivity index (χ0v) is 11.9. The number of fused-ring (bicyclic) bond motifs is 1. The van der Waals surface area contributed by atoms with Gasteiger partial charge in [0.1, 0.15) is 5.82 Å². The molecular weight excluding hydrogens is 255 g/mol. The average molecular weight is 276 g/mol. The highest BCUT2D eigenvalue weighted by Crippen LogP contribution is 2.31. The van der Waals surface area contributed by atoms with Crippen LogP contribution in [0, 0.1) is 11.7 Å². The first-order valence-electron chi connectivity index (χ1n) is 7.37. The highest BCUT2D eigenvalue weighted by atomic mass is 19.1. The second-order valence-corrected chi connectivity index (χ2v) is 5.99. The van der Waals surface area contributed by atoms with Crippen LogP contribution in [0.1, 0.15) is 25.3 Å². The molecule has 20 heavy (non-hydrogen) atoms. The van der Waals surface area contributed by atoms with E-state index in [1.807, 2.05) is 17.0 Å². The minimum atomic E-state index is -0.186. The Morgan fingerprint density at radius 3 is 2.75 bits per heavy atom. The summed E-state index contributed by atoms with van der Waals surface area (Å²) >= 11 is 0. The van der Waals surface area contributed by atoms with Crippen molar-refractivity contribution in [1.82, 2.24) is 9.80 Å². The van der Waals surface area contributed by atoms with E-state index in [2.05, 4.69) is 4.90 Å². The van der Waals surface area contributed by atoms with Crippen LogP contribution >= 0.6 is 0 Å². The third kappa shape index (κ3) is 2.70. The van der Waals surface area contributed by atoms with Crippen LogP contribution in [0.5, 0.6) is 0 Å². The smallest absolute Gasteiger partial charge is 0.219 e. The molecule has 0 aliphatic carbocycles. The summed E-state index contributed by atoms with van der Waals surface area (Å²) in [4.78, 5) is 16.0. The topological polar surface area (TPSA) is 23.6 Å². The Morgan fingerprint density at radius 2 is 2.05 bits per heavy atom. The zero-order chi connectivity index (χ0) is 14.1. The molecule has 3 rings (SSSR count). The van der Waals surface area contributed by atoms with E-state index in [-0.39, 0.29) is 11.7 Å². The zero-order valence-electron chi connectivity index (χ0n) is 11.9. The molecule has 0 saturated carbocycles. The second-order valence-electron chi connectivity index (χ2n) is 5.99. The van der Waals surface area contributed by atoms with Gasteiger partial charge in [-0.1, -0.05) is 12.1 Å². The number of carbonyl (C=O) groups is 1. The highest BCUT2D eigenvalue weighted by molar-refractivity contribution is 5.73. The molecule has 2 aliphatic heterocycles. The lowest BCUT2D eigenvalue weighted by atomic mass is 9.91. The monoisotopic (exact) mass is 276 g/mol. The Hall–Kier alpha value is -1.42. The lowest BCUT2D eigenvalue weighted by Crippen LogP contribution is -2.44. The molecular formula is C16H21FN2O. The maximum Gasteiger partial charge on any atom is 0.219 e. The fourth-order valence-electron chi connectivity index (χ4n) is 3.55. The normalized spacial score (nSPS) is 26.6. The van der Waals surface area contributed by atoms with Crippen LogP contribution in [-0.2, 0) is 11.3 Å². The summed E-state index contributed by atoms with van der Waals surface area (Å²) < 4.78 is 13.0. The maximum atomic E-state index is 13.0. The summed E-state index contributed by atoms with van der Waals surface area (Å²) in [6, 6.07) is 7.23. The molecule has 0 unspecified atom stereocenters. The van der Waals surface area contributed by atoms with Gasteiger partial charge in [-0.15, -0.1) is 0 Å². The molecule has 3 nitrogen and oxygen atoms in total. The van der Waals surface area contributed by atoms with Crippen molar-refractivity contribution in [2.75, 3.05) is 19.6 Å². The molecule has 2 saturated heterocycles. The lowest BCUT2D eigenvalue weighted by Gasteiger charge is -2.36. The van der Waals surface area contributed by atoms with E-state index in [9.17, 15) is 9.18 Å². The minimum absolute atomic E-state index is 0.182.